The molecule has 0 saturated carbocycles. The van der Waals surface area contributed by atoms with Crippen molar-refractivity contribution in [1.29, 1.82) is 5.41 Å². The molecule has 0 rings (SSSR count). The normalized spacial score (nSPS) is 12.7. The van der Waals surface area contributed by atoms with Crippen molar-refractivity contribution in [3.63, 3.8) is 0 Å². The van der Waals surface area contributed by atoms with Gasteiger partial charge >= 0.3 is 0 Å². The second kappa shape index (κ2) is 4.58. The molecule has 1 atom stereocenters. The molecule has 2 nitrogen and oxygen atoms in total. The van der Waals surface area contributed by atoms with E-state index in [1.807, 2.05) is 6.92 Å². The molecule has 0 aliphatic heterocycles. The maximum atomic E-state index is 7.23. The van der Waals surface area contributed by atoms with Gasteiger partial charge in [0.05, 0.1) is 5.04 Å². The fourth-order valence-electron chi connectivity index (χ4n) is 0.441. The topological polar surface area (TPSA) is 49.9 Å². The first-order valence-corrected chi connectivity index (χ1v) is 3.65. The van der Waals surface area contributed by atoms with Gasteiger partial charge in [-0.3, -0.25) is 5.41 Å². The minimum absolute atomic E-state index is 0.0879. The van der Waals surface area contributed by atoms with E-state index in [1.54, 1.807) is 5.41 Å². The van der Waals surface area contributed by atoms with Crippen LogP contribution in [0.2, 0.25) is 0 Å². The average molecular weight is 144 g/mol. The molecule has 0 bridgehead atoms. The molecule has 9 heavy (non-hydrogen) atoms. The van der Waals surface area contributed by atoms with Crippen molar-refractivity contribution < 1.29 is 0 Å². The quantitative estimate of drug-likeness (QED) is 0.466. The Labute approximate surface area is 60.0 Å². The van der Waals surface area contributed by atoms with Gasteiger partial charge in [0.25, 0.3) is 0 Å². The summed E-state index contributed by atoms with van der Waals surface area (Å²) in [6, 6.07) is 0.0879. The van der Waals surface area contributed by atoms with E-state index in [2.05, 4.69) is 6.58 Å². The summed E-state index contributed by atoms with van der Waals surface area (Å²) in [4.78, 5) is 0. The van der Waals surface area contributed by atoms with Gasteiger partial charge in [-0.05, 0) is 12.3 Å². The van der Waals surface area contributed by atoms with Crippen molar-refractivity contribution in [2.24, 2.45) is 5.73 Å². The lowest BCUT2D eigenvalue weighted by Crippen LogP contribution is -2.17. The second-order valence-corrected chi connectivity index (χ2v) is 2.95. The van der Waals surface area contributed by atoms with Gasteiger partial charge in [-0.2, -0.15) is 0 Å². The van der Waals surface area contributed by atoms with Gasteiger partial charge < -0.3 is 5.73 Å². The maximum Gasteiger partial charge on any atom is 0.0698 e. The molecule has 0 aliphatic rings. The molecule has 0 radical (unpaired) electrons. The van der Waals surface area contributed by atoms with Gasteiger partial charge in [0.2, 0.25) is 0 Å². The lowest BCUT2D eigenvalue weighted by Gasteiger charge is -2.02. The number of rotatable bonds is 3. The van der Waals surface area contributed by atoms with Crippen LogP contribution in [0.4, 0.5) is 0 Å². The number of nitrogens with two attached hydrogens (primary N) is 1. The van der Waals surface area contributed by atoms with Crippen LogP contribution in [0.15, 0.2) is 12.0 Å². The van der Waals surface area contributed by atoms with E-state index in [1.165, 1.54) is 11.8 Å². The van der Waals surface area contributed by atoms with Gasteiger partial charge in [-0.1, -0.05) is 18.3 Å². The zero-order valence-electron chi connectivity index (χ0n) is 5.55. The molecular weight excluding hydrogens is 132 g/mol. The highest BCUT2D eigenvalue weighted by atomic mass is 32.2. The first kappa shape index (κ1) is 8.72. The summed E-state index contributed by atoms with van der Waals surface area (Å²) in [5, 5.41) is 9.46. The molecular formula is C6H12N2S. The molecule has 1 unspecified atom stereocenters. The first-order chi connectivity index (χ1) is 4.16. The first-order valence-electron chi connectivity index (χ1n) is 2.77. The summed E-state index contributed by atoms with van der Waals surface area (Å²) in [5.41, 5.74) is 5.44. The smallest absolute Gasteiger partial charge is 0.0698 e. The fourth-order valence-corrected chi connectivity index (χ4v) is 1.00. The largest absolute Gasteiger partial charge is 0.328 e. The molecule has 0 aromatic carbocycles. The minimum atomic E-state index is 0.0879. The molecule has 0 heterocycles. The molecule has 0 aliphatic carbocycles. The standard InChI is InChI=1S/C6H12N2S/c1-3-9-6(8)4-5(2)7/h3,5,8H,1,4,7H2,2H3. The Balaban J connectivity index is 3.38. The monoisotopic (exact) mass is 144 g/mol. The second-order valence-electron chi connectivity index (χ2n) is 1.89. The summed E-state index contributed by atoms with van der Waals surface area (Å²) >= 11 is 1.33. The summed E-state index contributed by atoms with van der Waals surface area (Å²) in [7, 11) is 0. The van der Waals surface area contributed by atoms with Crippen LogP contribution in [0.3, 0.4) is 0 Å². The molecule has 3 heteroatoms. The number of hydrogen-bond donors (Lipinski definition) is 2. The highest BCUT2D eigenvalue weighted by molar-refractivity contribution is 8.16. The Hall–Kier alpha value is -0.280. The predicted octanol–water partition coefficient (Wildman–Crippen LogP) is 1.58. The molecule has 0 spiro atoms. The van der Waals surface area contributed by atoms with E-state index in [9.17, 15) is 0 Å². The highest BCUT2D eigenvalue weighted by Gasteiger charge is 1.97. The molecule has 0 aromatic rings. The van der Waals surface area contributed by atoms with E-state index in [0.717, 1.165) is 0 Å². The van der Waals surface area contributed by atoms with Crippen LogP contribution in [0.25, 0.3) is 0 Å². The molecule has 0 saturated heterocycles. The van der Waals surface area contributed by atoms with E-state index in [-0.39, 0.29) is 6.04 Å². The third-order valence-electron chi connectivity index (χ3n) is 0.733. The summed E-state index contributed by atoms with van der Waals surface area (Å²) in [6.07, 6.45) is 0.649. The lowest BCUT2D eigenvalue weighted by molar-refractivity contribution is 0.782. The average Bonchev–Trinajstić information content (AvgIpc) is 1.63. The van der Waals surface area contributed by atoms with Crippen LogP contribution in [0.5, 0.6) is 0 Å². The molecule has 0 aromatic heterocycles. The lowest BCUT2D eigenvalue weighted by atomic mass is 10.3. The van der Waals surface area contributed by atoms with Crippen LogP contribution < -0.4 is 5.73 Å². The molecule has 52 valence electrons. The van der Waals surface area contributed by atoms with Crippen molar-refractivity contribution in [2.75, 3.05) is 0 Å². The van der Waals surface area contributed by atoms with E-state index < -0.39 is 0 Å². The van der Waals surface area contributed by atoms with Crippen molar-refractivity contribution in [2.45, 2.75) is 19.4 Å². The third kappa shape index (κ3) is 5.59. The number of nitrogens with one attached hydrogen (secondary N) is 1. The van der Waals surface area contributed by atoms with Crippen molar-refractivity contribution >= 4 is 16.8 Å². The zero-order valence-corrected chi connectivity index (χ0v) is 6.37. The van der Waals surface area contributed by atoms with Crippen molar-refractivity contribution in [3.8, 4) is 0 Å². The zero-order chi connectivity index (χ0) is 7.28. The van der Waals surface area contributed by atoms with Crippen molar-refractivity contribution in [1.82, 2.24) is 0 Å². The Morgan fingerprint density at radius 2 is 2.56 bits per heavy atom. The molecule has 0 fully saturated rings. The SMILES string of the molecule is C=CSC(=N)CC(C)N. The minimum Gasteiger partial charge on any atom is -0.328 e. The van der Waals surface area contributed by atoms with Crippen LogP contribution in [0, 0.1) is 5.41 Å². The van der Waals surface area contributed by atoms with Crippen LogP contribution in [0.1, 0.15) is 13.3 Å². The van der Waals surface area contributed by atoms with Gasteiger partial charge in [0.15, 0.2) is 0 Å². The number of thioether (sulfide) groups is 1. The van der Waals surface area contributed by atoms with Crippen LogP contribution >= 0.6 is 11.8 Å². The Morgan fingerprint density at radius 3 is 2.89 bits per heavy atom. The highest BCUT2D eigenvalue weighted by Crippen LogP contribution is 2.06. The van der Waals surface area contributed by atoms with Gasteiger partial charge in [-0.15, -0.1) is 0 Å². The van der Waals surface area contributed by atoms with Gasteiger partial charge in [-0.25, -0.2) is 0 Å². The van der Waals surface area contributed by atoms with E-state index in [0.29, 0.717) is 11.5 Å². The Bertz CT molecular complexity index is 110. The van der Waals surface area contributed by atoms with E-state index in [4.69, 9.17) is 11.1 Å². The van der Waals surface area contributed by atoms with Crippen LogP contribution in [-0.2, 0) is 0 Å². The van der Waals surface area contributed by atoms with Gasteiger partial charge in [0.1, 0.15) is 0 Å². The van der Waals surface area contributed by atoms with Gasteiger partial charge in [0, 0.05) is 12.5 Å². The third-order valence-corrected chi connectivity index (χ3v) is 1.35. The van der Waals surface area contributed by atoms with Crippen molar-refractivity contribution in [3.05, 3.63) is 12.0 Å². The summed E-state index contributed by atoms with van der Waals surface area (Å²) < 4.78 is 0. The maximum absolute atomic E-state index is 7.23. The molecule has 3 N–H and O–H groups in total. The van der Waals surface area contributed by atoms with E-state index >= 15 is 0 Å². The van der Waals surface area contributed by atoms with Crippen LogP contribution in [-0.4, -0.2) is 11.1 Å². The Morgan fingerprint density at radius 1 is 2.00 bits per heavy atom. The predicted molar refractivity (Wildman–Crippen MR) is 43.8 cm³/mol. The number of hydrogen-bond acceptors (Lipinski definition) is 3. The fraction of sp³-hybridized carbons (Fsp3) is 0.500. The Kier molecular flexibility index (Phi) is 4.44. The molecule has 0 amide bonds. The summed E-state index contributed by atoms with van der Waals surface area (Å²) in [5.74, 6) is 0. The summed E-state index contributed by atoms with van der Waals surface area (Å²) in [6.45, 7) is 5.38.